The van der Waals surface area contributed by atoms with Gasteiger partial charge in [-0.1, -0.05) is 53.7 Å². The van der Waals surface area contributed by atoms with Crippen molar-refractivity contribution < 1.29 is 4.79 Å². The van der Waals surface area contributed by atoms with Gasteiger partial charge >= 0.3 is 0 Å². The molecule has 0 unspecified atom stereocenters. The first kappa shape index (κ1) is 16.5. The smallest absolute Gasteiger partial charge is 0.251 e. The molecule has 2 aliphatic rings. The Morgan fingerprint density at radius 3 is 2.22 bits per heavy atom. The Morgan fingerprint density at radius 2 is 1.74 bits per heavy atom. The van der Waals surface area contributed by atoms with E-state index in [4.69, 9.17) is 0 Å². The maximum atomic E-state index is 12.8. The van der Waals surface area contributed by atoms with Crippen molar-refractivity contribution in [3.63, 3.8) is 0 Å². The number of hydrogen-bond donors (Lipinski definition) is 1. The lowest BCUT2D eigenvalue weighted by molar-refractivity contribution is 0.0737. The quantitative estimate of drug-likeness (QED) is 0.824. The van der Waals surface area contributed by atoms with Gasteiger partial charge in [0.15, 0.2) is 0 Å². The Kier molecular flexibility index (Phi) is 3.66. The van der Waals surface area contributed by atoms with Crippen LogP contribution in [0.2, 0.25) is 0 Å². The molecular formula is C21H31NO. The van der Waals surface area contributed by atoms with Gasteiger partial charge in [-0.2, -0.15) is 0 Å². The van der Waals surface area contributed by atoms with Crippen molar-refractivity contribution in [3.05, 3.63) is 35.4 Å². The lowest BCUT2D eigenvalue weighted by atomic mass is 9.68. The van der Waals surface area contributed by atoms with Gasteiger partial charge in [0.05, 0.1) is 0 Å². The van der Waals surface area contributed by atoms with Gasteiger partial charge in [0.1, 0.15) is 0 Å². The highest BCUT2D eigenvalue weighted by Crippen LogP contribution is 2.62. The second-order valence-corrected chi connectivity index (χ2v) is 9.65. The minimum absolute atomic E-state index is 0.0808. The molecule has 1 aromatic rings. The molecular weight excluding hydrogens is 282 g/mol. The van der Waals surface area contributed by atoms with Crippen molar-refractivity contribution in [2.24, 2.45) is 16.7 Å². The molecule has 2 nitrogen and oxygen atoms in total. The Balaban J connectivity index is 1.77. The summed E-state index contributed by atoms with van der Waals surface area (Å²) in [5, 5.41) is 3.38. The summed E-state index contributed by atoms with van der Waals surface area (Å²) in [4.78, 5) is 12.8. The molecule has 2 bridgehead atoms. The van der Waals surface area contributed by atoms with Gasteiger partial charge in [-0.15, -0.1) is 0 Å². The fourth-order valence-corrected chi connectivity index (χ4v) is 5.00. The molecule has 0 saturated heterocycles. The summed E-state index contributed by atoms with van der Waals surface area (Å²) >= 11 is 0. The van der Waals surface area contributed by atoms with Gasteiger partial charge in [0.2, 0.25) is 0 Å². The largest absolute Gasteiger partial charge is 0.348 e. The number of nitrogens with one attached hydrogen (secondary N) is 1. The second kappa shape index (κ2) is 5.09. The Labute approximate surface area is 141 Å². The van der Waals surface area contributed by atoms with E-state index in [1.54, 1.807) is 0 Å². The van der Waals surface area contributed by atoms with Crippen molar-refractivity contribution >= 4 is 5.91 Å². The summed E-state index contributed by atoms with van der Waals surface area (Å²) < 4.78 is 0. The summed E-state index contributed by atoms with van der Waals surface area (Å²) in [6.07, 6.45) is 3.82. The molecule has 2 saturated carbocycles. The first-order chi connectivity index (χ1) is 10.5. The average molecular weight is 313 g/mol. The molecule has 0 heterocycles. The van der Waals surface area contributed by atoms with E-state index in [9.17, 15) is 4.79 Å². The lowest BCUT2D eigenvalue weighted by Gasteiger charge is -2.43. The highest BCUT2D eigenvalue weighted by atomic mass is 16.1. The van der Waals surface area contributed by atoms with Crippen LogP contribution in [0.5, 0.6) is 0 Å². The minimum atomic E-state index is 0.0808. The molecule has 2 heteroatoms. The Bertz CT molecular complexity index is 603. The molecule has 0 spiro atoms. The summed E-state index contributed by atoms with van der Waals surface area (Å²) in [5.74, 6) is 0.832. The van der Waals surface area contributed by atoms with Crippen molar-refractivity contribution in [3.8, 4) is 0 Å². The predicted molar refractivity (Wildman–Crippen MR) is 95.6 cm³/mol. The summed E-state index contributed by atoms with van der Waals surface area (Å²) in [6.45, 7) is 13.6. The topological polar surface area (TPSA) is 29.1 Å². The van der Waals surface area contributed by atoms with Gasteiger partial charge in [0, 0.05) is 11.6 Å². The van der Waals surface area contributed by atoms with Crippen molar-refractivity contribution in [2.45, 2.75) is 72.3 Å². The highest BCUT2D eigenvalue weighted by molar-refractivity contribution is 5.94. The monoisotopic (exact) mass is 313 g/mol. The van der Waals surface area contributed by atoms with Gasteiger partial charge in [0.25, 0.3) is 5.91 Å². The third kappa shape index (κ3) is 2.70. The molecule has 1 aromatic carbocycles. The van der Waals surface area contributed by atoms with Crippen LogP contribution in [-0.4, -0.2) is 11.9 Å². The first-order valence-corrected chi connectivity index (χ1v) is 8.95. The molecule has 23 heavy (non-hydrogen) atoms. The van der Waals surface area contributed by atoms with Gasteiger partial charge in [-0.3, -0.25) is 4.79 Å². The molecule has 0 radical (unpaired) electrons. The fraction of sp³-hybridized carbons (Fsp3) is 0.667. The maximum absolute atomic E-state index is 12.8. The van der Waals surface area contributed by atoms with E-state index in [2.05, 4.69) is 59.0 Å². The molecule has 1 amide bonds. The molecule has 0 aliphatic heterocycles. The third-order valence-electron chi connectivity index (χ3n) is 6.56. The van der Waals surface area contributed by atoms with E-state index in [0.717, 1.165) is 11.5 Å². The van der Waals surface area contributed by atoms with Crippen LogP contribution in [0.1, 0.15) is 76.7 Å². The highest BCUT2D eigenvalue weighted by Gasteiger charge is 2.59. The molecule has 126 valence electrons. The third-order valence-corrected chi connectivity index (χ3v) is 6.56. The number of carbonyl (C=O) groups is 1. The van der Waals surface area contributed by atoms with Crippen LogP contribution in [0.25, 0.3) is 0 Å². The van der Waals surface area contributed by atoms with Crippen LogP contribution in [0.15, 0.2) is 24.3 Å². The average Bonchev–Trinajstić information content (AvgIpc) is 2.94. The number of benzene rings is 1. The van der Waals surface area contributed by atoms with Crippen LogP contribution in [0.3, 0.4) is 0 Å². The SMILES string of the molecule is CC(C)(C)c1ccc(C(=O)N[C@@H]2C(C)(C)[C@H]3CC[C@]2(C)C3)cc1. The van der Waals surface area contributed by atoms with Crippen LogP contribution < -0.4 is 5.32 Å². The van der Waals surface area contributed by atoms with Crippen LogP contribution in [-0.2, 0) is 5.41 Å². The van der Waals surface area contributed by atoms with Gasteiger partial charge < -0.3 is 5.32 Å². The standard InChI is InChI=1S/C21H31NO/c1-19(2,3)15-9-7-14(8-10-15)17(23)22-18-20(4,5)16-11-12-21(18,6)13-16/h7-10,16,18H,11-13H2,1-6H3,(H,22,23)/t16-,18+,21+/m0/s1. The number of rotatable bonds is 2. The molecule has 0 aromatic heterocycles. The maximum Gasteiger partial charge on any atom is 0.251 e. The Hall–Kier alpha value is -1.31. The Morgan fingerprint density at radius 1 is 1.13 bits per heavy atom. The molecule has 3 rings (SSSR count). The molecule has 3 atom stereocenters. The van der Waals surface area contributed by atoms with Gasteiger partial charge in [-0.05, 0) is 59.1 Å². The second-order valence-electron chi connectivity index (χ2n) is 9.65. The van der Waals surface area contributed by atoms with Crippen molar-refractivity contribution in [1.82, 2.24) is 5.32 Å². The van der Waals surface area contributed by atoms with Crippen molar-refractivity contribution in [1.29, 1.82) is 0 Å². The van der Waals surface area contributed by atoms with Crippen LogP contribution in [0.4, 0.5) is 0 Å². The van der Waals surface area contributed by atoms with E-state index in [0.29, 0.717) is 0 Å². The minimum Gasteiger partial charge on any atom is -0.348 e. The molecule has 2 fully saturated rings. The van der Waals surface area contributed by atoms with E-state index < -0.39 is 0 Å². The number of amides is 1. The zero-order valence-corrected chi connectivity index (χ0v) is 15.5. The first-order valence-electron chi connectivity index (χ1n) is 8.95. The zero-order valence-electron chi connectivity index (χ0n) is 15.5. The van der Waals surface area contributed by atoms with Crippen molar-refractivity contribution in [2.75, 3.05) is 0 Å². The predicted octanol–water partition coefficient (Wildman–Crippen LogP) is 4.93. The van der Waals surface area contributed by atoms with E-state index >= 15 is 0 Å². The van der Waals surface area contributed by atoms with Gasteiger partial charge in [-0.25, -0.2) is 0 Å². The van der Waals surface area contributed by atoms with Crippen LogP contribution in [0, 0.1) is 16.7 Å². The zero-order chi connectivity index (χ0) is 17.0. The molecule has 1 N–H and O–H groups in total. The van der Waals surface area contributed by atoms with E-state index in [1.807, 2.05) is 12.1 Å². The summed E-state index contributed by atoms with van der Waals surface area (Å²) in [6, 6.07) is 8.39. The summed E-state index contributed by atoms with van der Waals surface area (Å²) in [7, 11) is 0. The number of fused-ring (bicyclic) bond motifs is 2. The lowest BCUT2D eigenvalue weighted by Crippen LogP contribution is -2.52. The number of hydrogen-bond acceptors (Lipinski definition) is 1. The number of carbonyl (C=O) groups excluding carboxylic acids is 1. The van der Waals surface area contributed by atoms with Crippen LogP contribution >= 0.6 is 0 Å². The van der Waals surface area contributed by atoms with E-state index in [-0.39, 0.29) is 28.2 Å². The van der Waals surface area contributed by atoms with E-state index in [1.165, 1.54) is 24.8 Å². The molecule has 2 aliphatic carbocycles. The normalized spacial score (nSPS) is 32.1. The summed E-state index contributed by atoms with van der Waals surface area (Å²) in [5.41, 5.74) is 2.64. The fourth-order valence-electron chi connectivity index (χ4n) is 5.00.